The Morgan fingerprint density at radius 2 is 1.62 bits per heavy atom. The predicted molar refractivity (Wildman–Crippen MR) is 78.9 cm³/mol. The predicted octanol–water partition coefficient (Wildman–Crippen LogP) is -0.375. The summed E-state index contributed by atoms with van der Waals surface area (Å²) in [5.74, 6) is 0. The van der Waals surface area contributed by atoms with Crippen LogP contribution in [0.25, 0.3) is 0 Å². The standard InChI is InChI=1S/C12H19N3O4S2/c1-13-20(16,17)11-4-6-12(7-5-11)21(18,19)15-10-3-2-8-14-9-10/h4-7,10,13-15H,2-3,8-9H2,1H3/t10-/m1/s1. The Morgan fingerprint density at radius 3 is 2.10 bits per heavy atom. The lowest BCUT2D eigenvalue weighted by Gasteiger charge is -2.23. The van der Waals surface area contributed by atoms with Crippen LogP contribution in [-0.2, 0) is 20.0 Å². The maximum absolute atomic E-state index is 12.2. The summed E-state index contributed by atoms with van der Waals surface area (Å²) in [4.78, 5) is 0.0893. The lowest BCUT2D eigenvalue weighted by molar-refractivity contribution is 0.428. The second kappa shape index (κ2) is 6.41. The quantitative estimate of drug-likeness (QED) is 0.682. The largest absolute Gasteiger partial charge is 0.315 e. The number of hydrogen-bond donors (Lipinski definition) is 3. The summed E-state index contributed by atoms with van der Waals surface area (Å²) in [6.45, 7) is 1.50. The average Bonchev–Trinajstić information content (AvgIpc) is 2.48. The molecule has 7 nitrogen and oxygen atoms in total. The van der Waals surface area contributed by atoms with Crippen LogP contribution in [0, 0.1) is 0 Å². The fraction of sp³-hybridized carbons (Fsp3) is 0.500. The molecule has 1 aliphatic rings. The van der Waals surface area contributed by atoms with Gasteiger partial charge in [0.15, 0.2) is 0 Å². The van der Waals surface area contributed by atoms with E-state index in [0.29, 0.717) is 6.54 Å². The van der Waals surface area contributed by atoms with Gasteiger partial charge in [-0.05, 0) is 50.7 Å². The molecule has 1 aliphatic heterocycles. The molecule has 0 unspecified atom stereocenters. The molecule has 9 heteroatoms. The number of sulfonamides is 2. The average molecular weight is 333 g/mol. The summed E-state index contributed by atoms with van der Waals surface area (Å²) in [7, 11) is -5.89. The minimum atomic E-state index is -3.63. The van der Waals surface area contributed by atoms with Crippen molar-refractivity contribution in [2.24, 2.45) is 0 Å². The molecule has 1 fully saturated rings. The van der Waals surface area contributed by atoms with E-state index in [2.05, 4.69) is 14.8 Å². The van der Waals surface area contributed by atoms with E-state index in [1.54, 1.807) is 0 Å². The molecule has 1 aromatic rings. The van der Waals surface area contributed by atoms with E-state index in [1.165, 1.54) is 31.3 Å². The minimum Gasteiger partial charge on any atom is -0.315 e. The molecular weight excluding hydrogens is 314 g/mol. The van der Waals surface area contributed by atoms with Crippen LogP contribution in [0.4, 0.5) is 0 Å². The molecule has 3 N–H and O–H groups in total. The SMILES string of the molecule is CNS(=O)(=O)c1ccc(S(=O)(=O)N[C@@H]2CCCNC2)cc1. The molecule has 1 heterocycles. The van der Waals surface area contributed by atoms with Crippen LogP contribution in [0.3, 0.4) is 0 Å². The Kier molecular flexibility index (Phi) is 4.99. The van der Waals surface area contributed by atoms with Crippen molar-refractivity contribution in [3.05, 3.63) is 24.3 Å². The number of nitrogens with one attached hydrogen (secondary N) is 3. The Balaban J connectivity index is 2.17. The summed E-state index contributed by atoms with van der Waals surface area (Å²) in [6, 6.07) is 5.01. The van der Waals surface area contributed by atoms with Crippen LogP contribution in [0.1, 0.15) is 12.8 Å². The molecule has 0 aliphatic carbocycles. The van der Waals surface area contributed by atoms with E-state index in [1.807, 2.05) is 0 Å². The molecule has 0 saturated carbocycles. The summed E-state index contributed by atoms with van der Waals surface area (Å²) in [6.07, 6.45) is 1.71. The van der Waals surface area contributed by atoms with Gasteiger partial charge in [0.25, 0.3) is 0 Å². The van der Waals surface area contributed by atoms with E-state index >= 15 is 0 Å². The highest BCUT2D eigenvalue weighted by molar-refractivity contribution is 7.90. The fourth-order valence-electron chi connectivity index (χ4n) is 2.16. The van der Waals surface area contributed by atoms with Crippen molar-refractivity contribution in [3.8, 4) is 0 Å². The van der Waals surface area contributed by atoms with Crippen LogP contribution < -0.4 is 14.8 Å². The van der Waals surface area contributed by atoms with E-state index in [-0.39, 0.29) is 15.8 Å². The smallest absolute Gasteiger partial charge is 0.240 e. The third-order valence-corrected chi connectivity index (χ3v) is 6.30. The molecule has 1 atom stereocenters. The summed E-state index contributed by atoms with van der Waals surface area (Å²) in [5.41, 5.74) is 0. The molecule has 0 radical (unpaired) electrons. The van der Waals surface area contributed by atoms with Gasteiger partial charge < -0.3 is 5.32 Å². The summed E-state index contributed by atoms with van der Waals surface area (Å²) >= 11 is 0. The van der Waals surface area contributed by atoms with Gasteiger partial charge in [0.1, 0.15) is 0 Å². The number of benzene rings is 1. The van der Waals surface area contributed by atoms with Crippen molar-refractivity contribution in [1.82, 2.24) is 14.8 Å². The lowest BCUT2D eigenvalue weighted by atomic mass is 10.1. The lowest BCUT2D eigenvalue weighted by Crippen LogP contribution is -2.45. The first-order chi connectivity index (χ1) is 9.85. The molecule has 21 heavy (non-hydrogen) atoms. The summed E-state index contributed by atoms with van der Waals surface area (Å²) < 4.78 is 52.5. The fourth-order valence-corrected chi connectivity index (χ4v) is 4.16. The van der Waals surface area contributed by atoms with Crippen LogP contribution in [-0.4, -0.2) is 43.0 Å². The zero-order valence-electron chi connectivity index (χ0n) is 11.7. The van der Waals surface area contributed by atoms with Crippen molar-refractivity contribution >= 4 is 20.0 Å². The zero-order chi connectivity index (χ0) is 15.5. The van der Waals surface area contributed by atoms with E-state index in [0.717, 1.165) is 19.4 Å². The van der Waals surface area contributed by atoms with Crippen molar-refractivity contribution in [2.45, 2.75) is 28.7 Å². The van der Waals surface area contributed by atoms with Crippen LogP contribution >= 0.6 is 0 Å². The maximum Gasteiger partial charge on any atom is 0.240 e. The van der Waals surface area contributed by atoms with Crippen molar-refractivity contribution < 1.29 is 16.8 Å². The topological polar surface area (TPSA) is 104 Å². The first-order valence-corrected chi connectivity index (χ1v) is 9.58. The van der Waals surface area contributed by atoms with Gasteiger partial charge in [-0.25, -0.2) is 26.3 Å². The Morgan fingerprint density at radius 1 is 1.05 bits per heavy atom. The third-order valence-electron chi connectivity index (χ3n) is 3.33. The highest BCUT2D eigenvalue weighted by atomic mass is 32.2. The highest BCUT2D eigenvalue weighted by Gasteiger charge is 2.22. The molecule has 0 bridgehead atoms. The Hall–Kier alpha value is -1.00. The van der Waals surface area contributed by atoms with Gasteiger partial charge in [0.2, 0.25) is 20.0 Å². The van der Waals surface area contributed by atoms with E-state index < -0.39 is 20.0 Å². The van der Waals surface area contributed by atoms with Gasteiger partial charge >= 0.3 is 0 Å². The molecule has 0 spiro atoms. The summed E-state index contributed by atoms with van der Waals surface area (Å²) in [5, 5.41) is 3.13. The number of rotatable bonds is 5. The van der Waals surface area contributed by atoms with E-state index in [4.69, 9.17) is 0 Å². The van der Waals surface area contributed by atoms with Crippen molar-refractivity contribution in [1.29, 1.82) is 0 Å². The zero-order valence-corrected chi connectivity index (χ0v) is 13.3. The van der Waals surface area contributed by atoms with Crippen LogP contribution in [0.15, 0.2) is 34.1 Å². The molecule has 1 saturated heterocycles. The van der Waals surface area contributed by atoms with Gasteiger partial charge in [-0.15, -0.1) is 0 Å². The molecule has 2 rings (SSSR count). The Bertz CT molecular complexity index is 678. The molecule has 1 aromatic carbocycles. The molecule has 0 amide bonds. The van der Waals surface area contributed by atoms with Crippen molar-refractivity contribution in [2.75, 3.05) is 20.1 Å². The highest BCUT2D eigenvalue weighted by Crippen LogP contribution is 2.15. The van der Waals surface area contributed by atoms with Crippen molar-refractivity contribution in [3.63, 3.8) is 0 Å². The number of hydrogen-bond acceptors (Lipinski definition) is 5. The van der Waals surface area contributed by atoms with Gasteiger partial charge in [-0.3, -0.25) is 0 Å². The molecule has 0 aromatic heterocycles. The van der Waals surface area contributed by atoms with Gasteiger partial charge in [0, 0.05) is 12.6 Å². The Labute approximate surface area is 125 Å². The molecule has 118 valence electrons. The van der Waals surface area contributed by atoms with Crippen LogP contribution in [0.5, 0.6) is 0 Å². The van der Waals surface area contributed by atoms with Gasteiger partial charge in [-0.1, -0.05) is 0 Å². The van der Waals surface area contributed by atoms with Gasteiger partial charge in [0.05, 0.1) is 9.79 Å². The molecular formula is C12H19N3O4S2. The van der Waals surface area contributed by atoms with Gasteiger partial charge in [-0.2, -0.15) is 0 Å². The van der Waals surface area contributed by atoms with E-state index in [9.17, 15) is 16.8 Å². The minimum absolute atomic E-state index is 0.0308. The second-order valence-electron chi connectivity index (χ2n) is 4.84. The second-order valence-corrected chi connectivity index (χ2v) is 8.44. The first-order valence-electron chi connectivity index (χ1n) is 6.62. The number of piperidine rings is 1. The normalized spacial score (nSPS) is 20.3. The third kappa shape index (κ3) is 4.01. The van der Waals surface area contributed by atoms with Crippen LogP contribution in [0.2, 0.25) is 0 Å². The first kappa shape index (κ1) is 16.4. The maximum atomic E-state index is 12.2. The monoisotopic (exact) mass is 333 g/mol.